The van der Waals surface area contributed by atoms with Crippen LogP contribution in [0.1, 0.15) is 5.69 Å². The van der Waals surface area contributed by atoms with E-state index in [1.165, 1.54) is 23.9 Å². The predicted molar refractivity (Wildman–Crippen MR) is 70.0 cm³/mol. The second kappa shape index (κ2) is 6.02. The van der Waals surface area contributed by atoms with Gasteiger partial charge in [0.15, 0.2) is 0 Å². The van der Waals surface area contributed by atoms with Crippen molar-refractivity contribution in [2.75, 3.05) is 5.75 Å². The summed E-state index contributed by atoms with van der Waals surface area (Å²) in [4.78, 5) is 0.955. The zero-order valence-corrected chi connectivity index (χ0v) is 10.9. The predicted octanol–water partition coefficient (Wildman–Crippen LogP) is 2.25. The number of hydrogen-bond acceptors (Lipinski definition) is 3. The highest BCUT2D eigenvalue weighted by Gasteiger charge is 2.08. The van der Waals surface area contributed by atoms with Crippen LogP contribution in [-0.4, -0.2) is 26.7 Å². The van der Waals surface area contributed by atoms with Crippen LogP contribution in [-0.2, 0) is 13.5 Å². The summed E-state index contributed by atoms with van der Waals surface area (Å²) >= 11 is 1.51. The third kappa shape index (κ3) is 3.85. The number of halogens is 1. The second-order valence-corrected chi connectivity index (χ2v) is 5.20. The molecule has 0 bridgehead atoms. The normalized spacial score (nSPS) is 12.6. The Morgan fingerprint density at radius 1 is 1.33 bits per heavy atom. The molecule has 5 heteroatoms. The summed E-state index contributed by atoms with van der Waals surface area (Å²) < 4.78 is 14.4. The van der Waals surface area contributed by atoms with Crippen LogP contribution in [0.2, 0.25) is 0 Å². The molecule has 0 aliphatic rings. The molecule has 1 aromatic heterocycles. The molecule has 3 nitrogen and oxygen atoms in total. The van der Waals surface area contributed by atoms with Gasteiger partial charge in [0.2, 0.25) is 0 Å². The molecule has 2 rings (SSSR count). The molecule has 0 aliphatic carbocycles. The zero-order chi connectivity index (χ0) is 13.0. The first-order valence-corrected chi connectivity index (χ1v) is 6.67. The molecule has 96 valence electrons. The van der Waals surface area contributed by atoms with Crippen LogP contribution in [0.4, 0.5) is 4.39 Å². The fraction of sp³-hybridized carbons (Fsp3) is 0.308. The molecule has 1 aromatic carbocycles. The molecule has 0 saturated heterocycles. The smallest absolute Gasteiger partial charge is 0.123 e. The van der Waals surface area contributed by atoms with Gasteiger partial charge in [-0.1, -0.05) is 0 Å². The van der Waals surface area contributed by atoms with E-state index in [0.717, 1.165) is 10.6 Å². The lowest BCUT2D eigenvalue weighted by molar-refractivity contribution is 0.198. The molecule has 1 heterocycles. The van der Waals surface area contributed by atoms with Crippen LogP contribution < -0.4 is 0 Å². The van der Waals surface area contributed by atoms with E-state index in [2.05, 4.69) is 5.10 Å². The molecule has 18 heavy (non-hydrogen) atoms. The minimum atomic E-state index is -0.449. The van der Waals surface area contributed by atoms with Crippen molar-refractivity contribution in [3.63, 3.8) is 0 Å². The van der Waals surface area contributed by atoms with Crippen molar-refractivity contribution in [3.05, 3.63) is 48.0 Å². The molecule has 2 aromatic rings. The van der Waals surface area contributed by atoms with E-state index in [0.29, 0.717) is 12.2 Å². The molecule has 0 saturated carbocycles. The molecule has 1 atom stereocenters. The van der Waals surface area contributed by atoms with Crippen molar-refractivity contribution in [1.29, 1.82) is 0 Å². The van der Waals surface area contributed by atoms with Gasteiger partial charge in [-0.05, 0) is 30.3 Å². The van der Waals surface area contributed by atoms with Crippen molar-refractivity contribution in [2.45, 2.75) is 17.4 Å². The first-order valence-electron chi connectivity index (χ1n) is 5.68. The van der Waals surface area contributed by atoms with E-state index in [1.54, 1.807) is 16.8 Å². The maximum Gasteiger partial charge on any atom is 0.123 e. The molecule has 0 spiro atoms. The van der Waals surface area contributed by atoms with E-state index in [4.69, 9.17) is 0 Å². The van der Waals surface area contributed by atoms with Crippen LogP contribution in [0.25, 0.3) is 0 Å². The molecule has 0 amide bonds. The maximum atomic E-state index is 12.7. The van der Waals surface area contributed by atoms with Gasteiger partial charge in [-0.25, -0.2) is 4.39 Å². The standard InChI is InChI=1S/C13H15FN2OS/c1-16-7-6-11(15-16)8-12(17)9-18-13-4-2-10(14)3-5-13/h2-7,12,17H,8-9H2,1H3. The van der Waals surface area contributed by atoms with Gasteiger partial charge in [0.05, 0.1) is 11.8 Å². The largest absolute Gasteiger partial charge is 0.392 e. The van der Waals surface area contributed by atoms with Gasteiger partial charge >= 0.3 is 0 Å². The van der Waals surface area contributed by atoms with Gasteiger partial charge in [-0.2, -0.15) is 5.10 Å². The molecule has 0 radical (unpaired) electrons. The molecule has 0 aliphatic heterocycles. The van der Waals surface area contributed by atoms with Crippen molar-refractivity contribution >= 4 is 11.8 Å². The van der Waals surface area contributed by atoms with E-state index in [1.807, 2.05) is 19.3 Å². The summed E-state index contributed by atoms with van der Waals surface area (Å²) in [6.07, 6.45) is 1.94. The van der Waals surface area contributed by atoms with E-state index < -0.39 is 6.10 Å². The van der Waals surface area contributed by atoms with Crippen LogP contribution >= 0.6 is 11.8 Å². The Hall–Kier alpha value is -1.33. The third-order valence-corrected chi connectivity index (χ3v) is 3.63. The number of hydrogen-bond donors (Lipinski definition) is 1. The van der Waals surface area contributed by atoms with Crippen molar-refractivity contribution in [3.8, 4) is 0 Å². The zero-order valence-electron chi connectivity index (χ0n) is 10.1. The van der Waals surface area contributed by atoms with Crippen molar-refractivity contribution in [1.82, 2.24) is 9.78 Å². The molecule has 1 N–H and O–H groups in total. The fourth-order valence-corrected chi connectivity index (χ4v) is 2.43. The van der Waals surface area contributed by atoms with Crippen LogP contribution in [0.15, 0.2) is 41.4 Å². The second-order valence-electron chi connectivity index (χ2n) is 4.10. The maximum absolute atomic E-state index is 12.7. The van der Waals surface area contributed by atoms with Gasteiger partial charge < -0.3 is 5.11 Å². The Morgan fingerprint density at radius 2 is 2.06 bits per heavy atom. The minimum Gasteiger partial charge on any atom is -0.392 e. The summed E-state index contributed by atoms with van der Waals surface area (Å²) in [5.41, 5.74) is 0.879. The summed E-state index contributed by atoms with van der Waals surface area (Å²) in [6, 6.07) is 8.17. The average molecular weight is 266 g/mol. The van der Waals surface area contributed by atoms with Gasteiger partial charge in [0, 0.05) is 30.3 Å². The van der Waals surface area contributed by atoms with Crippen LogP contribution in [0.5, 0.6) is 0 Å². The van der Waals surface area contributed by atoms with E-state index >= 15 is 0 Å². The molecular formula is C13H15FN2OS. The first-order chi connectivity index (χ1) is 8.63. The highest BCUT2D eigenvalue weighted by Crippen LogP contribution is 2.19. The Labute approximate surface area is 110 Å². The van der Waals surface area contributed by atoms with Gasteiger partial charge in [0.25, 0.3) is 0 Å². The summed E-state index contributed by atoms with van der Waals surface area (Å²) in [5.74, 6) is 0.329. The first kappa shape index (κ1) is 13.1. The fourth-order valence-electron chi connectivity index (χ4n) is 1.60. The van der Waals surface area contributed by atoms with Crippen LogP contribution in [0, 0.1) is 5.82 Å². The number of aryl methyl sites for hydroxylation is 1. The SMILES string of the molecule is Cn1ccc(CC(O)CSc2ccc(F)cc2)n1. The van der Waals surface area contributed by atoms with E-state index in [9.17, 15) is 9.50 Å². The lowest BCUT2D eigenvalue weighted by Gasteiger charge is -2.08. The number of thioether (sulfide) groups is 1. The highest BCUT2D eigenvalue weighted by atomic mass is 32.2. The number of benzene rings is 1. The quantitative estimate of drug-likeness (QED) is 0.844. The highest BCUT2D eigenvalue weighted by molar-refractivity contribution is 7.99. The number of rotatable bonds is 5. The van der Waals surface area contributed by atoms with E-state index in [-0.39, 0.29) is 5.82 Å². The molecule has 1 unspecified atom stereocenters. The summed E-state index contributed by atoms with van der Waals surface area (Å²) in [5, 5.41) is 14.1. The molecular weight excluding hydrogens is 251 g/mol. The topological polar surface area (TPSA) is 38.0 Å². The number of aromatic nitrogens is 2. The lowest BCUT2D eigenvalue weighted by atomic mass is 10.2. The van der Waals surface area contributed by atoms with Crippen LogP contribution in [0.3, 0.4) is 0 Å². The Kier molecular flexibility index (Phi) is 4.38. The number of aliphatic hydroxyl groups excluding tert-OH is 1. The van der Waals surface area contributed by atoms with Crippen molar-refractivity contribution < 1.29 is 9.50 Å². The Bertz CT molecular complexity index is 498. The lowest BCUT2D eigenvalue weighted by Crippen LogP contribution is -2.14. The molecule has 0 fully saturated rings. The van der Waals surface area contributed by atoms with Crippen molar-refractivity contribution in [2.24, 2.45) is 7.05 Å². The Balaban J connectivity index is 1.81. The Morgan fingerprint density at radius 3 is 2.67 bits per heavy atom. The summed E-state index contributed by atoms with van der Waals surface area (Å²) in [6.45, 7) is 0. The third-order valence-electron chi connectivity index (χ3n) is 2.47. The van der Waals surface area contributed by atoms with Gasteiger partial charge in [-0.3, -0.25) is 4.68 Å². The number of nitrogens with zero attached hydrogens (tertiary/aromatic N) is 2. The summed E-state index contributed by atoms with van der Waals surface area (Å²) in [7, 11) is 1.85. The monoisotopic (exact) mass is 266 g/mol. The average Bonchev–Trinajstić information content (AvgIpc) is 2.74. The van der Waals surface area contributed by atoms with Gasteiger partial charge in [0.1, 0.15) is 5.82 Å². The minimum absolute atomic E-state index is 0.242. The van der Waals surface area contributed by atoms with Gasteiger partial charge in [-0.15, -0.1) is 11.8 Å². The number of aliphatic hydroxyl groups is 1.